The SMILES string of the molecule is COCCOCCOCC(O)CNC(=O)OCC1c2ccccc2-c2ccccc21. The summed E-state index contributed by atoms with van der Waals surface area (Å²) in [5.74, 6) is 0.00881. The lowest BCUT2D eigenvalue weighted by molar-refractivity contribution is -0.00490. The van der Waals surface area contributed by atoms with Crippen molar-refractivity contribution in [1.29, 1.82) is 0 Å². The molecule has 7 nitrogen and oxygen atoms in total. The molecule has 0 spiro atoms. The summed E-state index contributed by atoms with van der Waals surface area (Å²) in [6, 6.07) is 16.3. The highest BCUT2D eigenvalue weighted by atomic mass is 16.6. The minimum Gasteiger partial charge on any atom is -0.449 e. The number of nitrogens with one attached hydrogen (secondary N) is 1. The number of aliphatic hydroxyl groups excluding tert-OH is 1. The minimum absolute atomic E-state index is 0.00881. The van der Waals surface area contributed by atoms with Gasteiger partial charge in [0.2, 0.25) is 0 Å². The molecule has 2 aromatic rings. The maximum absolute atomic E-state index is 12.1. The molecule has 30 heavy (non-hydrogen) atoms. The fourth-order valence-corrected chi connectivity index (χ4v) is 3.49. The molecule has 162 valence electrons. The standard InChI is InChI=1S/C23H29NO6/c1-27-10-11-28-12-13-29-15-17(25)14-24-23(26)30-16-22-20-8-4-2-6-18(20)19-7-3-5-9-21(19)22/h2-9,17,22,25H,10-16H2,1H3,(H,24,26). The van der Waals surface area contributed by atoms with Gasteiger partial charge in [0, 0.05) is 19.6 Å². The van der Waals surface area contributed by atoms with Crippen LogP contribution in [0.25, 0.3) is 11.1 Å². The zero-order valence-corrected chi connectivity index (χ0v) is 17.2. The first-order chi connectivity index (χ1) is 14.7. The van der Waals surface area contributed by atoms with Gasteiger partial charge in [0.1, 0.15) is 6.61 Å². The molecule has 0 fully saturated rings. The lowest BCUT2D eigenvalue weighted by Gasteiger charge is -2.16. The van der Waals surface area contributed by atoms with Crippen molar-refractivity contribution in [3.05, 3.63) is 59.7 Å². The van der Waals surface area contributed by atoms with Crippen molar-refractivity contribution in [2.24, 2.45) is 0 Å². The van der Waals surface area contributed by atoms with E-state index in [0.717, 1.165) is 11.1 Å². The summed E-state index contributed by atoms with van der Waals surface area (Å²) in [5.41, 5.74) is 4.68. The molecule has 1 aliphatic rings. The molecule has 1 atom stereocenters. The van der Waals surface area contributed by atoms with Crippen molar-refractivity contribution < 1.29 is 28.8 Å². The van der Waals surface area contributed by atoms with Crippen LogP contribution in [0.3, 0.4) is 0 Å². The Hall–Kier alpha value is -2.45. The maximum Gasteiger partial charge on any atom is 0.407 e. The largest absolute Gasteiger partial charge is 0.449 e. The van der Waals surface area contributed by atoms with Crippen LogP contribution in [-0.2, 0) is 18.9 Å². The third-order valence-corrected chi connectivity index (χ3v) is 4.94. The number of carbonyl (C=O) groups is 1. The van der Waals surface area contributed by atoms with Crippen LogP contribution in [0.1, 0.15) is 17.0 Å². The summed E-state index contributed by atoms with van der Waals surface area (Å²) in [6.45, 7) is 2.24. The maximum atomic E-state index is 12.1. The van der Waals surface area contributed by atoms with Gasteiger partial charge in [-0.3, -0.25) is 0 Å². The Bertz CT molecular complexity index is 766. The van der Waals surface area contributed by atoms with E-state index in [9.17, 15) is 9.90 Å². The van der Waals surface area contributed by atoms with Gasteiger partial charge in [-0.25, -0.2) is 4.79 Å². The van der Waals surface area contributed by atoms with Crippen LogP contribution in [-0.4, -0.2) is 70.6 Å². The number of ether oxygens (including phenoxy) is 4. The summed E-state index contributed by atoms with van der Waals surface area (Å²) in [5, 5.41) is 12.5. The third-order valence-electron chi connectivity index (χ3n) is 4.94. The summed E-state index contributed by atoms with van der Waals surface area (Å²) in [4.78, 5) is 12.1. The molecule has 3 rings (SSSR count). The van der Waals surface area contributed by atoms with Crippen LogP contribution >= 0.6 is 0 Å². The minimum atomic E-state index is -0.815. The van der Waals surface area contributed by atoms with Crippen LogP contribution in [0.15, 0.2) is 48.5 Å². The molecule has 0 saturated heterocycles. The van der Waals surface area contributed by atoms with Crippen molar-refractivity contribution in [2.75, 3.05) is 53.3 Å². The highest BCUT2D eigenvalue weighted by Crippen LogP contribution is 2.44. The van der Waals surface area contributed by atoms with Gasteiger partial charge in [-0.05, 0) is 22.3 Å². The Morgan fingerprint density at radius 1 is 0.967 bits per heavy atom. The van der Waals surface area contributed by atoms with E-state index in [1.165, 1.54) is 11.1 Å². The highest BCUT2D eigenvalue weighted by Gasteiger charge is 2.28. The number of hydrogen-bond acceptors (Lipinski definition) is 6. The summed E-state index contributed by atoms with van der Waals surface area (Å²) >= 11 is 0. The molecule has 0 bridgehead atoms. The quantitative estimate of drug-likeness (QED) is 0.518. The van der Waals surface area contributed by atoms with E-state index in [1.807, 2.05) is 24.3 Å². The molecule has 1 aliphatic carbocycles. The highest BCUT2D eigenvalue weighted by molar-refractivity contribution is 5.79. The van der Waals surface area contributed by atoms with Gasteiger partial charge < -0.3 is 29.4 Å². The van der Waals surface area contributed by atoms with Crippen LogP contribution in [0.2, 0.25) is 0 Å². The molecule has 1 amide bonds. The van der Waals surface area contributed by atoms with E-state index in [4.69, 9.17) is 18.9 Å². The van der Waals surface area contributed by atoms with Crippen molar-refractivity contribution in [2.45, 2.75) is 12.0 Å². The van der Waals surface area contributed by atoms with Crippen LogP contribution in [0.5, 0.6) is 0 Å². The van der Waals surface area contributed by atoms with Gasteiger partial charge in [-0.2, -0.15) is 0 Å². The number of alkyl carbamates (subject to hydrolysis) is 1. The van der Waals surface area contributed by atoms with E-state index in [-0.39, 0.29) is 25.7 Å². The molecule has 0 saturated carbocycles. The van der Waals surface area contributed by atoms with Crippen molar-refractivity contribution in [1.82, 2.24) is 5.32 Å². The second kappa shape index (κ2) is 11.7. The molecule has 0 aliphatic heterocycles. The number of amides is 1. The van der Waals surface area contributed by atoms with E-state index >= 15 is 0 Å². The second-order valence-electron chi connectivity index (χ2n) is 7.04. The fourth-order valence-electron chi connectivity index (χ4n) is 3.49. The van der Waals surface area contributed by atoms with Crippen molar-refractivity contribution >= 4 is 6.09 Å². The van der Waals surface area contributed by atoms with Gasteiger partial charge in [-0.15, -0.1) is 0 Å². The molecular formula is C23H29NO6. The molecule has 2 N–H and O–H groups in total. The summed E-state index contributed by atoms with van der Waals surface area (Å²) < 4.78 is 20.9. The van der Waals surface area contributed by atoms with E-state index in [2.05, 4.69) is 29.6 Å². The Labute approximate surface area is 176 Å². The molecule has 0 radical (unpaired) electrons. The summed E-state index contributed by atoms with van der Waals surface area (Å²) in [6.07, 6.45) is -1.37. The van der Waals surface area contributed by atoms with Crippen LogP contribution in [0, 0.1) is 0 Å². The van der Waals surface area contributed by atoms with E-state index in [1.54, 1.807) is 7.11 Å². The average molecular weight is 415 g/mol. The molecule has 0 heterocycles. The van der Waals surface area contributed by atoms with E-state index in [0.29, 0.717) is 26.4 Å². The lowest BCUT2D eigenvalue weighted by Crippen LogP contribution is -2.35. The smallest absolute Gasteiger partial charge is 0.407 e. The lowest BCUT2D eigenvalue weighted by atomic mass is 9.98. The van der Waals surface area contributed by atoms with Gasteiger partial charge in [0.15, 0.2) is 0 Å². The molecule has 0 aromatic heterocycles. The monoisotopic (exact) mass is 415 g/mol. The Morgan fingerprint density at radius 2 is 1.57 bits per heavy atom. The van der Waals surface area contributed by atoms with Crippen LogP contribution < -0.4 is 5.32 Å². The van der Waals surface area contributed by atoms with Gasteiger partial charge in [0.05, 0.1) is 39.1 Å². The Balaban J connectivity index is 1.37. The van der Waals surface area contributed by atoms with Gasteiger partial charge in [0.25, 0.3) is 0 Å². The molecule has 1 unspecified atom stereocenters. The Kier molecular flexibility index (Phi) is 8.65. The van der Waals surface area contributed by atoms with E-state index < -0.39 is 12.2 Å². The summed E-state index contributed by atoms with van der Waals surface area (Å²) in [7, 11) is 1.61. The number of fused-ring (bicyclic) bond motifs is 3. The number of hydrogen-bond donors (Lipinski definition) is 2. The number of aliphatic hydroxyl groups is 1. The van der Waals surface area contributed by atoms with Gasteiger partial charge >= 0.3 is 6.09 Å². The topological polar surface area (TPSA) is 86.3 Å². The molecular weight excluding hydrogens is 386 g/mol. The predicted molar refractivity (Wildman–Crippen MR) is 113 cm³/mol. The van der Waals surface area contributed by atoms with Crippen molar-refractivity contribution in [3.8, 4) is 11.1 Å². The molecule has 2 aromatic carbocycles. The first kappa shape index (κ1) is 22.2. The average Bonchev–Trinajstić information content (AvgIpc) is 3.09. The second-order valence-corrected chi connectivity index (χ2v) is 7.04. The van der Waals surface area contributed by atoms with Crippen molar-refractivity contribution in [3.63, 3.8) is 0 Å². The number of carbonyl (C=O) groups excluding carboxylic acids is 1. The number of methoxy groups -OCH3 is 1. The Morgan fingerprint density at radius 3 is 2.23 bits per heavy atom. The fraction of sp³-hybridized carbons (Fsp3) is 0.435. The zero-order chi connectivity index (χ0) is 21.2. The predicted octanol–water partition coefficient (Wildman–Crippen LogP) is 2.57. The van der Waals surface area contributed by atoms with Crippen LogP contribution in [0.4, 0.5) is 4.79 Å². The number of rotatable bonds is 12. The first-order valence-electron chi connectivity index (χ1n) is 10.1. The number of benzene rings is 2. The normalized spacial score (nSPS) is 13.5. The molecule has 7 heteroatoms. The first-order valence-corrected chi connectivity index (χ1v) is 10.1. The van der Waals surface area contributed by atoms with Gasteiger partial charge in [-0.1, -0.05) is 48.5 Å². The zero-order valence-electron chi connectivity index (χ0n) is 17.2. The third kappa shape index (κ3) is 6.03.